The summed E-state index contributed by atoms with van der Waals surface area (Å²) in [4.78, 5) is 0.730. The zero-order valence-electron chi connectivity index (χ0n) is 10.4. The number of fused-ring (bicyclic) bond motifs is 1. The molecule has 0 fully saturated rings. The monoisotopic (exact) mass is 275 g/mol. The SMILES string of the molecule is COCc1nnc2sc(C(N)c3ccccc3)nn12. The van der Waals surface area contributed by atoms with Crippen LogP contribution in [0.15, 0.2) is 30.3 Å². The van der Waals surface area contributed by atoms with E-state index in [0.29, 0.717) is 12.4 Å². The van der Waals surface area contributed by atoms with Crippen molar-refractivity contribution in [3.05, 3.63) is 46.7 Å². The van der Waals surface area contributed by atoms with Crippen LogP contribution in [-0.2, 0) is 11.3 Å². The Bertz CT molecular complexity index is 678. The van der Waals surface area contributed by atoms with Crippen LogP contribution in [0.3, 0.4) is 0 Å². The molecule has 0 aliphatic carbocycles. The second kappa shape index (κ2) is 5.04. The fourth-order valence-electron chi connectivity index (χ4n) is 1.82. The number of hydrogen-bond donors (Lipinski definition) is 1. The summed E-state index contributed by atoms with van der Waals surface area (Å²) in [5.74, 6) is 0.681. The predicted molar refractivity (Wildman–Crippen MR) is 71.8 cm³/mol. The third-order valence-electron chi connectivity index (χ3n) is 2.77. The molecule has 1 aromatic carbocycles. The molecule has 0 saturated carbocycles. The van der Waals surface area contributed by atoms with Crippen molar-refractivity contribution >= 4 is 16.3 Å². The van der Waals surface area contributed by atoms with Crippen LogP contribution in [0.1, 0.15) is 22.4 Å². The van der Waals surface area contributed by atoms with E-state index in [0.717, 1.165) is 15.5 Å². The highest BCUT2D eigenvalue weighted by Crippen LogP contribution is 2.24. The van der Waals surface area contributed by atoms with Crippen molar-refractivity contribution in [3.63, 3.8) is 0 Å². The molecule has 0 spiro atoms. The Labute approximate surface area is 113 Å². The molecule has 6 nitrogen and oxygen atoms in total. The average molecular weight is 275 g/mol. The molecule has 3 aromatic rings. The number of aromatic nitrogens is 4. The fraction of sp³-hybridized carbons (Fsp3) is 0.250. The van der Waals surface area contributed by atoms with Gasteiger partial charge >= 0.3 is 0 Å². The van der Waals surface area contributed by atoms with Gasteiger partial charge in [0.05, 0.1) is 6.04 Å². The number of nitrogens with two attached hydrogens (primary N) is 1. The smallest absolute Gasteiger partial charge is 0.234 e. The summed E-state index contributed by atoms with van der Waals surface area (Å²) in [7, 11) is 1.62. The summed E-state index contributed by atoms with van der Waals surface area (Å²) in [6.07, 6.45) is 0. The first kappa shape index (κ1) is 12.2. The summed E-state index contributed by atoms with van der Waals surface area (Å²) in [6.45, 7) is 0.380. The van der Waals surface area contributed by atoms with Gasteiger partial charge in [0.15, 0.2) is 5.82 Å². The molecule has 1 unspecified atom stereocenters. The maximum atomic E-state index is 6.22. The van der Waals surface area contributed by atoms with E-state index >= 15 is 0 Å². The quantitative estimate of drug-likeness (QED) is 0.778. The Morgan fingerprint density at radius 1 is 1.32 bits per heavy atom. The van der Waals surface area contributed by atoms with Crippen molar-refractivity contribution in [2.75, 3.05) is 7.11 Å². The first-order chi connectivity index (χ1) is 9.29. The second-order valence-electron chi connectivity index (χ2n) is 4.07. The van der Waals surface area contributed by atoms with E-state index in [1.807, 2.05) is 30.3 Å². The molecule has 19 heavy (non-hydrogen) atoms. The van der Waals surface area contributed by atoms with Crippen LogP contribution in [0.5, 0.6) is 0 Å². The maximum absolute atomic E-state index is 6.22. The minimum atomic E-state index is -0.247. The molecule has 7 heteroatoms. The van der Waals surface area contributed by atoms with Crippen LogP contribution in [0.25, 0.3) is 4.96 Å². The molecule has 98 valence electrons. The number of nitrogens with zero attached hydrogens (tertiary/aromatic N) is 4. The number of ether oxygens (including phenoxy) is 1. The van der Waals surface area contributed by atoms with Crippen molar-refractivity contribution in [2.45, 2.75) is 12.6 Å². The van der Waals surface area contributed by atoms with Crippen molar-refractivity contribution in [2.24, 2.45) is 5.73 Å². The van der Waals surface area contributed by atoms with Gasteiger partial charge in [0.2, 0.25) is 4.96 Å². The Kier molecular flexibility index (Phi) is 3.24. The summed E-state index contributed by atoms with van der Waals surface area (Å²) < 4.78 is 6.75. The largest absolute Gasteiger partial charge is 0.377 e. The molecular formula is C12H13N5OS. The molecule has 1 atom stereocenters. The maximum Gasteiger partial charge on any atom is 0.234 e. The van der Waals surface area contributed by atoms with Gasteiger partial charge in [-0.15, -0.1) is 10.2 Å². The molecule has 2 N–H and O–H groups in total. The van der Waals surface area contributed by atoms with Crippen LogP contribution >= 0.6 is 11.3 Å². The van der Waals surface area contributed by atoms with Gasteiger partial charge in [-0.1, -0.05) is 41.7 Å². The van der Waals surface area contributed by atoms with Gasteiger partial charge in [-0.3, -0.25) is 0 Å². The van der Waals surface area contributed by atoms with Crippen molar-refractivity contribution in [1.82, 2.24) is 19.8 Å². The van der Waals surface area contributed by atoms with Crippen LogP contribution in [0, 0.1) is 0 Å². The van der Waals surface area contributed by atoms with Crippen LogP contribution in [0.2, 0.25) is 0 Å². The highest BCUT2D eigenvalue weighted by atomic mass is 32.1. The minimum absolute atomic E-state index is 0.247. The van der Waals surface area contributed by atoms with E-state index in [-0.39, 0.29) is 6.04 Å². The molecule has 0 aliphatic rings. The van der Waals surface area contributed by atoms with E-state index in [9.17, 15) is 0 Å². The van der Waals surface area contributed by atoms with Crippen LogP contribution in [0.4, 0.5) is 0 Å². The van der Waals surface area contributed by atoms with Gasteiger partial charge in [0, 0.05) is 7.11 Å². The minimum Gasteiger partial charge on any atom is -0.377 e. The standard InChI is InChI=1S/C12H13N5OS/c1-18-7-9-14-15-12-17(9)16-11(19-12)10(13)8-5-3-2-4-6-8/h2-6,10H,7,13H2,1H3. The molecule has 0 amide bonds. The lowest BCUT2D eigenvalue weighted by Gasteiger charge is -2.07. The Hall–Kier alpha value is -1.83. The molecule has 3 rings (SSSR count). The number of hydrogen-bond acceptors (Lipinski definition) is 6. The lowest BCUT2D eigenvalue weighted by Crippen LogP contribution is -2.12. The molecule has 0 aliphatic heterocycles. The van der Waals surface area contributed by atoms with Crippen LogP contribution < -0.4 is 5.73 Å². The first-order valence-electron chi connectivity index (χ1n) is 5.80. The number of rotatable bonds is 4. The molecule has 2 aromatic heterocycles. The molecule has 0 saturated heterocycles. The summed E-state index contributed by atoms with van der Waals surface area (Å²) in [5, 5.41) is 13.4. The summed E-state index contributed by atoms with van der Waals surface area (Å²) in [6, 6.07) is 9.62. The molecular weight excluding hydrogens is 262 g/mol. The van der Waals surface area contributed by atoms with Crippen molar-refractivity contribution < 1.29 is 4.74 Å². The average Bonchev–Trinajstić information content (AvgIpc) is 3.01. The van der Waals surface area contributed by atoms with Gasteiger partial charge < -0.3 is 10.5 Å². The van der Waals surface area contributed by atoms with E-state index in [4.69, 9.17) is 10.5 Å². The highest BCUT2D eigenvalue weighted by Gasteiger charge is 2.17. The third-order valence-corrected chi connectivity index (χ3v) is 3.75. The van der Waals surface area contributed by atoms with E-state index in [2.05, 4.69) is 15.3 Å². The molecule has 0 bridgehead atoms. The van der Waals surface area contributed by atoms with Crippen molar-refractivity contribution in [1.29, 1.82) is 0 Å². The highest BCUT2D eigenvalue weighted by molar-refractivity contribution is 7.16. The Balaban J connectivity index is 1.97. The zero-order valence-corrected chi connectivity index (χ0v) is 11.2. The fourth-order valence-corrected chi connectivity index (χ4v) is 2.71. The lowest BCUT2D eigenvalue weighted by molar-refractivity contribution is 0.176. The zero-order chi connectivity index (χ0) is 13.2. The Morgan fingerprint density at radius 2 is 2.11 bits per heavy atom. The number of benzene rings is 1. The van der Waals surface area contributed by atoms with Crippen molar-refractivity contribution in [3.8, 4) is 0 Å². The van der Waals surface area contributed by atoms with Gasteiger partial charge in [-0.25, -0.2) is 0 Å². The Morgan fingerprint density at radius 3 is 2.84 bits per heavy atom. The summed E-state index contributed by atoms with van der Waals surface area (Å²) in [5.41, 5.74) is 7.25. The van der Waals surface area contributed by atoms with Gasteiger partial charge in [0.1, 0.15) is 11.6 Å². The normalized spacial score (nSPS) is 12.9. The topological polar surface area (TPSA) is 78.3 Å². The molecule has 2 heterocycles. The van der Waals surface area contributed by atoms with Gasteiger partial charge in [-0.2, -0.15) is 9.61 Å². The second-order valence-corrected chi connectivity index (χ2v) is 5.06. The molecule has 0 radical (unpaired) electrons. The first-order valence-corrected chi connectivity index (χ1v) is 6.61. The van der Waals surface area contributed by atoms with Crippen LogP contribution in [-0.4, -0.2) is 26.9 Å². The third kappa shape index (κ3) is 2.23. The summed E-state index contributed by atoms with van der Waals surface area (Å²) >= 11 is 1.44. The number of methoxy groups -OCH3 is 1. The predicted octanol–water partition coefficient (Wildman–Crippen LogP) is 1.38. The van der Waals surface area contributed by atoms with Gasteiger partial charge in [0.25, 0.3) is 0 Å². The van der Waals surface area contributed by atoms with E-state index < -0.39 is 0 Å². The van der Waals surface area contributed by atoms with E-state index in [1.54, 1.807) is 11.6 Å². The van der Waals surface area contributed by atoms with Gasteiger partial charge in [-0.05, 0) is 5.56 Å². The van der Waals surface area contributed by atoms with E-state index in [1.165, 1.54) is 11.3 Å². The lowest BCUT2D eigenvalue weighted by atomic mass is 10.1.